The third kappa shape index (κ3) is 2.79. The maximum absolute atomic E-state index is 4.37. The van der Waals surface area contributed by atoms with Crippen LogP contribution in [0.3, 0.4) is 0 Å². The Morgan fingerprint density at radius 3 is 1.93 bits per heavy atom. The minimum absolute atomic E-state index is 0.999. The van der Waals surface area contributed by atoms with Gasteiger partial charge in [0.25, 0.3) is 0 Å². The van der Waals surface area contributed by atoms with Crippen molar-refractivity contribution in [3.05, 3.63) is 97.3 Å². The fraction of sp³-hybridized carbons (Fsp3) is 0. The highest BCUT2D eigenvalue weighted by molar-refractivity contribution is 6.07. The lowest BCUT2D eigenvalue weighted by Crippen LogP contribution is -1.82. The topological polar surface area (TPSA) is 41.6 Å². The van der Waals surface area contributed by atoms with Gasteiger partial charge >= 0.3 is 0 Å². The van der Waals surface area contributed by atoms with E-state index in [9.17, 15) is 0 Å². The Labute approximate surface area is 156 Å². The van der Waals surface area contributed by atoms with Crippen molar-refractivity contribution in [1.29, 1.82) is 0 Å². The predicted octanol–water partition coefficient (Wildman–Crippen LogP) is 6.10. The average Bonchev–Trinajstić information content (AvgIpc) is 3.13. The highest BCUT2D eigenvalue weighted by Crippen LogP contribution is 2.24. The fourth-order valence-corrected chi connectivity index (χ4v) is 3.50. The molecule has 0 aliphatic rings. The van der Waals surface area contributed by atoms with Gasteiger partial charge in [-0.15, -0.1) is 0 Å². The van der Waals surface area contributed by atoms with Gasteiger partial charge in [-0.05, 0) is 36.4 Å². The number of para-hydroxylation sites is 2. The van der Waals surface area contributed by atoms with E-state index < -0.39 is 0 Å². The molecule has 128 valence electrons. The first kappa shape index (κ1) is 15.5. The third-order valence-corrected chi connectivity index (χ3v) is 4.77. The number of aromatic nitrogens is 3. The zero-order valence-electron chi connectivity index (χ0n) is 14.6. The average molecular weight is 347 g/mol. The summed E-state index contributed by atoms with van der Waals surface area (Å²) in [6.45, 7) is 0. The molecule has 0 fully saturated rings. The van der Waals surface area contributed by atoms with Crippen molar-refractivity contribution in [2.24, 2.45) is 0 Å². The lowest BCUT2D eigenvalue weighted by molar-refractivity contribution is 1.39. The molecule has 3 heteroatoms. The second-order valence-electron chi connectivity index (χ2n) is 6.43. The summed E-state index contributed by atoms with van der Waals surface area (Å²) in [6.07, 6.45) is 3.62. The van der Waals surface area contributed by atoms with Crippen molar-refractivity contribution in [2.45, 2.75) is 0 Å². The number of pyridine rings is 2. The summed E-state index contributed by atoms with van der Waals surface area (Å²) in [7, 11) is 0. The van der Waals surface area contributed by atoms with E-state index >= 15 is 0 Å². The zero-order valence-corrected chi connectivity index (χ0v) is 14.6. The molecular weight excluding hydrogens is 330 g/mol. The van der Waals surface area contributed by atoms with Crippen LogP contribution < -0.4 is 0 Å². The third-order valence-electron chi connectivity index (χ3n) is 4.77. The summed E-state index contributed by atoms with van der Waals surface area (Å²) in [4.78, 5) is 12.0. The van der Waals surface area contributed by atoms with Crippen molar-refractivity contribution in [2.75, 3.05) is 0 Å². The summed E-state index contributed by atoms with van der Waals surface area (Å²) in [5.74, 6) is 0. The lowest BCUT2D eigenvalue weighted by Gasteiger charge is -2.00. The standard InChI is InChI=1S/C12H8N2.C12H9N/c1-3-9-5-6-11-10(4-2-7-13-11)12(9)14-8-1;1-3-7-11-9(5-1)10-6-2-4-8-12(10)13-11/h1-8H;1-8,13H. The highest BCUT2D eigenvalue weighted by atomic mass is 14.7. The Morgan fingerprint density at radius 2 is 1.15 bits per heavy atom. The van der Waals surface area contributed by atoms with Gasteiger partial charge in [-0.1, -0.05) is 48.5 Å². The summed E-state index contributed by atoms with van der Waals surface area (Å²) in [5.41, 5.74) is 4.45. The van der Waals surface area contributed by atoms with Crippen molar-refractivity contribution in [3.63, 3.8) is 0 Å². The van der Waals surface area contributed by atoms with Crippen LogP contribution in [0.4, 0.5) is 0 Å². The maximum atomic E-state index is 4.37. The molecule has 3 aromatic heterocycles. The molecule has 0 aliphatic heterocycles. The Balaban J connectivity index is 0.000000119. The number of hydrogen-bond acceptors (Lipinski definition) is 2. The number of rotatable bonds is 0. The van der Waals surface area contributed by atoms with Crippen LogP contribution in [-0.2, 0) is 0 Å². The summed E-state index contributed by atoms with van der Waals surface area (Å²) in [6, 6.07) is 28.8. The minimum atomic E-state index is 0.999. The molecule has 3 aromatic carbocycles. The molecular formula is C24H17N3. The Kier molecular flexibility index (Phi) is 3.76. The van der Waals surface area contributed by atoms with Crippen LogP contribution >= 0.6 is 0 Å². The Morgan fingerprint density at radius 1 is 0.519 bits per heavy atom. The van der Waals surface area contributed by atoms with Crippen LogP contribution in [0.25, 0.3) is 43.6 Å². The number of fused-ring (bicyclic) bond motifs is 6. The number of aromatic amines is 1. The molecule has 0 spiro atoms. The first-order valence-electron chi connectivity index (χ1n) is 8.94. The van der Waals surface area contributed by atoms with Gasteiger partial charge in [0.05, 0.1) is 11.0 Å². The Hall–Kier alpha value is -3.72. The number of nitrogens with zero attached hydrogens (tertiary/aromatic N) is 2. The van der Waals surface area contributed by atoms with Gasteiger partial charge in [0.15, 0.2) is 0 Å². The molecule has 0 amide bonds. The molecule has 0 bridgehead atoms. The lowest BCUT2D eigenvalue weighted by atomic mass is 10.1. The SMILES string of the molecule is c1ccc2c(c1)[nH]c1ccccc12.c1cnc2c(c1)ccc1ncccc12. The van der Waals surface area contributed by atoms with Crippen molar-refractivity contribution in [3.8, 4) is 0 Å². The second kappa shape index (κ2) is 6.54. The van der Waals surface area contributed by atoms with E-state index in [1.54, 1.807) is 6.20 Å². The molecule has 3 heterocycles. The second-order valence-corrected chi connectivity index (χ2v) is 6.43. The van der Waals surface area contributed by atoms with Gasteiger partial charge in [-0.2, -0.15) is 0 Å². The van der Waals surface area contributed by atoms with E-state index in [0.717, 1.165) is 21.8 Å². The minimum Gasteiger partial charge on any atom is -0.355 e. The molecule has 3 nitrogen and oxygen atoms in total. The van der Waals surface area contributed by atoms with Gasteiger partial charge < -0.3 is 4.98 Å². The summed E-state index contributed by atoms with van der Waals surface area (Å²) >= 11 is 0. The number of hydrogen-bond donors (Lipinski definition) is 1. The van der Waals surface area contributed by atoms with Crippen LogP contribution in [0.2, 0.25) is 0 Å². The van der Waals surface area contributed by atoms with Gasteiger partial charge in [-0.3, -0.25) is 9.97 Å². The van der Waals surface area contributed by atoms with Crippen LogP contribution in [0.15, 0.2) is 97.3 Å². The number of nitrogens with one attached hydrogen (secondary N) is 1. The molecule has 0 aliphatic carbocycles. The first-order valence-corrected chi connectivity index (χ1v) is 8.94. The molecule has 0 saturated heterocycles. The predicted molar refractivity (Wildman–Crippen MR) is 113 cm³/mol. The number of benzene rings is 3. The first-order chi connectivity index (χ1) is 13.4. The van der Waals surface area contributed by atoms with Crippen molar-refractivity contribution < 1.29 is 0 Å². The van der Waals surface area contributed by atoms with Crippen LogP contribution in [-0.4, -0.2) is 15.0 Å². The largest absolute Gasteiger partial charge is 0.355 e. The molecule has 0 atom stereocenters. The van der Waals surface area contributed by atoms with E-state index in [1.165, 1.54) is 21.8 Å². The van der Waals surface area contributed by atoms with Gasteiger partial charge in [-0.25, -0.2) is 0 Å². The molecule has 1 N–H and O–H groups in total. The Bertz CT molecular complexity index is 1280. The molecule has 6 aromatic rings. The van der Waals surface area contributed by atoms with Crippen LogP contribution in [0, 0.1) is 0 Å². The molecule has 27 heavy (non-hydrogen) atoms. The molecule has 0 saturated carbocycles. The van der Waals surface area contributed by atoms with E-state index in [0.29, 0.717) is 0 Å². The van der Waals surface area contributed by atoms with E-state index in [2.05, 4.69) is 81.7 Å². The highest BCUT2D eigenvalue weighted by Gasteiger charge is 2.01. The van der Waals surface area contributed by atoms with Crippen LogP contribution in [0.5, 0.6) is 0 Å². The zero-order chi connectivity index (χ0) is 18.1. The van der Waals surface area contributed by atoms with Gasteiger partial charge in [0, 0.05) is 45.0 Å². The van der Waals surface area contributed by atoms with E-state index in [4.69, 9.17) is 0 Å². The van der Waals surface area contributed by atoms with Crippen molar-refractivity contribution >= 4 is 43.6 Å². The fourth-order valence-electron chi connectivity index (χ4n) is 3.50. The van der Waals surface area contributed by atoms with E-state index in [1.807, 2.05) is 24.4 Å². The molecule has 6 rings (SSSR count). The molecule has 0 radical (unpaired) electrons. The van der Waals surface area contributed by atoms with Crippen molar-refractivity contribution in [1.82, 2.24) is 15.0 Å². The number of H-pyrrole nitrogens is 1. The van der Waals surface area contributed by atoms with Gasteiger partial charge in [0.2, 0.25) is 0 Å². The van der Waals surface area contributed by atoms with Gasteiger partial charge in [0.1, 0.15) is 0 Å². The van der Waals surface area contributed by atoms with E-state index in [-0.39, 0.29) is 0 Å². The van der Waals surface area contributed by atoms with Crippen LogP contribution in [0.1, 0.15) is 0 Å². The summed E-state index contributed by atoms with van der Waals surface area (Å²) < 4.78 is 0. The quantitative estimate of drug-likeness (QED) is 0.337. The smallest absolute Gasteiger partial charge is 0.0795 e. The maximum Gasteiger partial charge on any atom is 0.0795 e. The monoisotopic (exact) mass is 347 g/mol. The normalized spacial score (nSPS) is 11.0. The molecule has 0 unspecified atom stereocenters. The summed E-state index contributed by atoms with van der Waals surface area (Å²) in [5, 5.41) is 4.88.